The Hall–Kier alpha value is -1.36. The molecule has 0 saturated heterocycles. The molecule has 2 nitrogen and oxygen atoms in total. The van der Waals surface area contributed by atoms with Crippen LogP contribution in [0.5, 0.6) is 0 Å². The Kier molecular flexibility index (Phi) is 4.28. The summed E-state index contributed by atoms with van der Waals surface area (Å²) in [6.45, 7) is 5.76. The van der Waals surface area contributed by atoms with E-state index in [-0.39, 0.29) is 0 Å². The summed E-state index contributed by atoms with van der Waals surface area (Å²) < 4.78 is 36.9. The first-order valence-corrected chi connectivity index (χ1v) is 5.30. The molecule has 0 bridgehead atoms. The molecule has 1 aromatic heterocycles. The van der Waals surface area contributed by atoms with Crippen molar-refractivity contribution in [2.24, 2.45) is 5.73 Å². The normalized spacial score (nSPS) is 13.5. The maximum atomic E-state index is 12.3. The molecule has 2 N–H and O–H groups in total. The van der Waals surface area contributed by atoms with E-state index in [1.165, 1.54) is 6.07 Å². The number of nitrogens with zero attached hydrogens (tertiary/aromatic N) is 1. The molecule has 0 fully saturated rings. The molecular formula is C12H15F3N2. The fraction of sp³-hybridized carbons (Fsp3) is 0.417. The van der Waals surface area contributed by atoms with Gasteiger partial charge in [0.15, 0.2) is 0 Å². The predicted molar refractivity (Wildman–Crippen MR) is 60.2 cm³/mol. The quantitative estimate of drug-likeness (QED) is 0.824. The van der Waals surface area contributed by atoms with Crippen molar-refractivity contribution in [2.45, 2.75) is 32.0 Å². The molecule has 1 unspecified atom stereocenters. The van der Waals surface area contributed by atoms with Crippen LogP contribution in [0.3, 0.4) is 0 Å². The molecule has 0 aromatic carbocycles. The van der Waals surface area contributed by atoms with Gasteiger partial charge < -0.3 is 5.73 Å². The van der Waals surface area contributed by atoms with E-state index in [1.807, 2.05) is 6.92 Å². The SMILES string of the molecule is C=C(CC)CC(N)c1ccc(C(F)(F)F)cn1. The Balaban J connectivity index is 2.77. The summed E-state index contributed by atoms with van der Waals surface area (Å²) in [5.74, 6) is 0. The van der Waals surface area contributed by atoms with Gasteiger partial charge in [0.25, 0.3) is 0 Å². The van der Waals surface area contributed by atoms with Gasteiger partial charge in [0.1, 0.15) is 0 Å². The summed E-state index contributed by atoms with van der Waals surface area (Å²) in [6, 6.07) is 1.91. The summed E-state index contributed by atoms with van der Waals surface area (Å²) in [7, 11) is 0. The van der Waals surface area contributed by atoms with Gasteiger partial charge in [-0.15, -0.1) is 0 Å². The van der Waals surface area contributed by atoms with Crippen LogP contribution in [0, 0.1) is 0 Å². The van der Waals surface area contributed by atoms with Gasteiger partial charge in [-0.1, -0.05) is 19.1 Å². The third-order valence-electron chi connectivity index (χ3n) is 2.50. The van der Waals surface area contributed by atoms with Crippen LogP contribution in [0.25, 0.3) is 0 Å². The van der Waals surface area contributed by atoms with Gasteiger partial charge in [-0.05, 0) is 25.0 Å². The second-order valence-electron chi connectivity index (χ2n) is 3.88. The van der Waals surface area contributed by atoms with E-state index >= 15 is 0 Å². The highest BCUT2D eigenvalue weighted by Gasteiger charge is 2.30. The topological polar surface area (TPSA) is 38.9 Å². The summed E-state index contributed by atoms with van der Waals surface area (Å²) in [6.07, 6.45) is -2.21. The van der Waals surface area contributed by atoms with Crippen LogP contribution in [0.4, 0.5) is 13.2 Å². The Morgan fingerprint density at radius 3 is 2.53 bits per heavy atom. The van der Waals surface area contributed by atoms with Crippen molar-refractivity contribution < 1.29 is 13.2 Å². The Morgan fingerprint density at radius 1 is 1.47 bits per heavy atom. The number of nitrogens with two attached hydrogens (primary N) is 1. The smallest absolute Gasteiger partial charge is 0.322 e. The Labute approximate surface area is 98.4 Å². The maximum absolute atomic E-state index is 12.3. The monoisotopic (exact) mass is 244 g/mol. The number of aromatic nitrogens is 1. The minimum atomic E-state index is -4.36. The van der Waals surface area contributed by atoms with E-state index in [4.69, 9.17) is 5.73 Å². The van der Waals surface area contributed by atoms with Gasteiger partial charge in [-0.2, -0.15) is 13.2 Å². The molecule has 0 aliphatic rings. The number of hydrogen-bond donors (Lipinski definition) is 1. The van der Waals surface area contributed by atoms with Crippen LogP contribution in [-0.4, -0.2) is 4.98 Å². The zero-order valence-electron chi connectivity index (χ0n) is 9.59. The lowest BCUT2D eigenvalue weighted by atomic mass is 10.0. The van der Waals surface area contributed by atoms with Gasteiger partial charge >= 0.3 is 6.18 Å². The van der Waals surface area contributed by atoms with E-state index in [9.17, 15) is 13.2 Å². The fourth-order valence-corrected chi connectivity index (χ4v) is 1.35. The van der Waals surface area contributed by atoms with Gasteiger partial charge in [0.2, 0.25) is 0 Å². The zero-order chi connectivity index (χ0) is 13.1. The van der Waals surface area contributed by atoms with Crippen molar-refractivity contribution in [1.82, 2.24) is 4.98 Å². The second-order valence-corrected chi connectivity index (χ2v) is 3.88. The van der Waals surface area contributed by atoms with Crippen LogP contribution in [0.1, 0.15) is 37.1 Å². The molecule has 0 aliphatic heterocycles. The average Bonchev–Trinajstić information content (AvgIpc) is 2.27. The minimum absolute atomic E-state index is 0.398. The van der Waals surface area contributed by atoms with Crippen LogP contribution >= 0.6 is 0 Å². The first-order valence-electron chi connectivity index (χ1n) is 5.30. The largest absolute Gasteiger partial charge is 0.417 e. The van der Waals surface area contributed by atoms with Crippen LogP contribution in [-0.2, 0) is 6.18 Å². The molecule has 1 aromatic rings. The maximum Gasteiger partial charge on any atom is 0.417 e. The van der Waals surface area contributed by atoms with Crippen molar-refractivity contribution in [2.75, 3.05) is 0 Å². The van der Waals surface area contributed by atoms with Crippen molar-refractivity contribution in [3.8, 4) is 0 Å². The standard InChI is InChI=1S/C12H15F3N2/c1-3-8(2)6-10(16)11-5-4-9(7-17-11)12(13,14)15/h4-5,7,10H,2-3,6,16H2,1H3. The number of rotatable bonds is 4. The molecule has 17 heavy (non-hydrogen) atoms. The van der Waals surface area contributed by atoms with E-state index in [0.29, 0.717) is 12.1 Å². The molecule has 1 rings (SSSR count). The van der Waals surface area contributed by atoms with Gasteiger partial charge in [0, 0.05) is 6.20 Å². The predicted octanol–water partition coefficient (Wildman–Crippen LogP) is 3.46. The second kappa shape index (κ2) is 5.31. The average molecular weight is 244 g/mol. The highest BCUT2D eigenvalue weighted by molar-refractivity contribution is 5.19. The number of hydrogen-bond acceptors (Lipinski definition) is 2. The third kappa shape index (κ3) is 3.85. The van der Waals surface area contributed by atoms with E-state index in [1.54, 1.807) is 0 Å². The van der Waals surface area contributed by atoms with Crippen molar-refractivity contribution in [3.63, 3.8) is 0 Å². The third-order valence-corrected chi connectivity index (χ3v) is 2.50. The van der Waals surface area contributed by atoms with Crippen LogP contribution < -0.4 is 5.73 Å². The van der Waals surface area contributed by atoms with Crippen molar-refractivity contribution in [1.29, 1.82) is 0 Å². The first kappa shape index (κ1) is 13.7. The summed E-state index contributed by atoms with van der Waals surface area (Å²) >= 11 is 0. The van der Waals surface area contributed by atoms with Crippen molar-refractivity contribution in [3.05, 3.63) is 41.7 Å². The highest BCUT2D eigenvalue weighted by Crippen LogP contribution is 2.29. The summed E-state index contributed by atoms with van der Waals surface area (Å²) in [5, 5.41) is 0. The first-order chi connectivity index (χ1) is 7.84. The Morgan fingerprint density at radius 2 is 2.12 bits per heavy atom. The highest BCUT2D eigenvalue weighted by atomic mass is 19.4. The molecule has 0 radical (unpaired) electrons. The lowest BCUT2D eigenvalue weighted by Crippen LogP contribution is -2.14. The minimum Gasteiger partial charge on any atom is -0.322 e. The molecule has 0 aliphatic carbocycles. The van der Waals surface area contributed by atoms with Gasteiger partial charge in [0.05, 0.1) is 17.3 Å². The zero-order valence-corrected chi connectivity index (χ0v) is 9.59. The fourth-order valence-electron chi connectivity index (χ4n) is 1.35. The summed E-state index contributed by atoms with van der Waals surface area (Å²) in [4.78, 5) is 3.75. The molecule has 94 valence electrons. The number of halogens is 3. The van der Waals surface area contributed by atoms with Gasteiger partial charge in [-0.3, -0.25) is 4.98 Å². The summed E-state index contributed by atoms with van der Waals surface area (Å²) in [5.41, 5.74) is 6.47. The molecule has 1 atom stereocenters. The van der Waals surface area contributed by atoms with Crippen LogP contribution in [0.15, 0.2) is 30.5 Å². The molecule has 0 amide bonds. The van der Waals surface area contributed by atoms with E-state index in [2.05, 4.69) is 11.6 Å². The molecule has 0 spiro atoms. The molecule has 0 saturated carbocycles. The van der Waals surface area contributed by atoms with E-state index < -0.39 is 17.8 Å². The lowest BCUT2D eigenvalue weighted by molar-refractivity contribution is -0.137. The Bertz CT molecular complexity index is 382. The lowest BCUT2D eigenvalue weighted by Gasteiger charge is -2.13. The molecule has 5 heteroatoms. The van der Waals surface area contributed by atoms with Gasteiger partial charge in [-0.25, -0.2) is 0 Å². The van der Waals surface area contributed by atoms with Crippen LogP contribution in [0.2, 0.25) is 0 Å². The molecular weight excluding hydrogens is 229 g/mol. The molecule has 1 heterocycles. The number of pyridine rings is 1. The van der Waals surface area contributed by atoms with E-state index in [0.717, 1.165) is 24.3 Å². The number of alkyl halides is 3. The van der Waals surface area contributed by atoms with Crippen molar-refractivity contribution >= 4 is 0 Å².